The molecule has 1 aromatic rings. The average Bonchev–Trinajstić information content (AvgIpc) is 2.26. The number of carboxylic acids is 1. The van der Waals surface area contributed by atoms with Crippen LogP contribution in [0.5, 0.6) is 0 Å². The zero-order chi connectivity index (χ0) is 11.4. The molecular weight excluding hydrogens is 198 g/mol. The maximum Gasteiger partial charge on any atom is 0.335 e. The Kier molecular flexibility index (Phi) is 3.39. The van der Waals surface area contributed by atoms with Gasteiger partial charge in [-0.1, -0.05) is 18.2 Å². The number of aliphatic hydroxyl groups excluding tert-OH is 2. The van der Waals surface area contributed by atoms with E-state index >= 15 is 0 Å². The standard InChI is InChI=1S/C10H9NO4/c11-5-6-3-1-2-4-7(6)8(12)9(13)10(14)15/h1-4,8-9,12-13H,(H,14,15). The van der Waals surface area contributed by atoms with E-state index in [0.717, 1.165) is 0 Å². The lowest BCUT2D eigenvalue weighted by molar-refractivity contribution is -0.153. The van der Waals surface area contributed by atoms with E-state index in [4.69, 9.17) is 15.5 Å². The summed E-state index contributed by atoms with van der Waals surface area (Å²) in [5.74, 6) is -1.53. The van der Waals surface area contributed by atoms with Crippen LogP contribution in [0.2, 0.25) is 0 Å². The number of hydrogen-bond acceptors (Lipinski definition) is 4. The monoisotopic (exact) mass is 207 g/mol. The minimum atomic E-state index is -1.93. The van der Waals surface area contributed by atoms with Crippen LogP contribution in [0, 0.1) is 11.3 Å². The molecule has 0 heterocycles. The molecule has 3 N–H and O–H groups in total. The highest BCUT2D eigenvalue weighted by atomic mass is 16.4. The molecule has 0 aliphatic rings. The summed E-state index contributed by atoms with van der Waals surface area (Å²) in [4.78, 5) is 10.4. The van der Waals surface area contributed by atoms with Crippen molar-refractivity contribution in [3.63, 3.8) is 0 Å². The number of aliphatic hydroxyl groups is 2. The SMILES string of the molecule is N#Cc1ccccc1C(O)C(O)C(=O)O. The van der Waals surface area contributed by atoms with Gasteiger partial charge < -0.3 is 15.3 Å². The Morgan fingerprint density at radius 1 is 1.33 bits per heavy atom. The number of rotatable bonds is 3. The van der Waals surface area contributed by atoms with Crippen LogP contribution in [0.25, 0.3) is 0 Å². The molecule has 0 bridgehead atoms. The van der Waals surface area contributed by atoms with Crippen molar-refractivity contribution in [2.45, 2.75) is 12.2 Å². The molecule has 5 heteroatoms. The minimum absolute atomic E-state index is 0.106. The van der Waals surface area contributed by atoms with E-state index in [1.807, 2.05) is 0 Å². The first-order valence-electron chi connectivity index (χ1n) is 4.16. The largest absolute Gasteiger partial charge is 0.479 e. The minimum Gasteiger partial charge on any atom is -0.479 e. The maximum absolute atomic E-state index is 10.4. The molecule has 0 fully saturated rings. The highest BCUT2D eigenvalue weighted by molar-refractivity contribution is 5.73. The van der Waals surface area contributed by atoms with E-state index in [-0.39, 0.29) is 11.1 Å². The summed E-state index contributed by atoms with van der Waals surface area (Å²) in [5.41, 5.74) is 0.250. The summed E-state index contributed by atoms with van der Waals surface area (Å²) >= 11 is 0. The van der Waals surface area contributed by atoms with Crippen LogP contribution in [0.1, 0.15) is 17.2 Å². The average molecular weight is 207 g/mol. The smallest absolute Gasteiger partial charge is 0.335 e. The zero-order valence-corrected chi connectivity index (χ0v) is 7.66. The van der Waals surface area contributed by atoms with Crippen molar-refractivity contribution >= 4 is 5.97 Å². The topological polar surface area (TPSA) is 102 Å². The molecule has 0 aliphatic heterocycles. The molecule has 0 saturated carbocycles. The van der Waals surface area contributed by atoms with Gasteiger partial charge >= 0.3 is 5.97 Å². The van der Waals surface area contributed by atoms with Crippen molar-refractivity contribution in [2.75, 3.05) is 0 Å². The van der Waals surface area contributed by atoms with Gasteiger partial charge in [0.1, 0.15) is 6.10 Å². The van der Waals surface area contributed by atoms with Gasteiger partial charge in [-0.3, -0.25) is 0 Å². The number of carbonyl (C=O) groups is 1. The first kappa shape index (κ1) is 11.2. The lowest BCUT2D eigenvalue weighted by atomic mass is 9.99. The molecule has 1 aromatic carbocycles. The lowest BCUT2D eigenvalue weighted by Gasteiger charge is -2.15. The van der Waals surface area contributed by atoms with Crippen molar-refractivity contribution in [3.05, 3.63) is 35.4 Å². The van der Waals surface area contributed by atoms with Gasteiger partial charge in [0.2, 0.25) is 0 Å². The molecule has 5 nitrogen and oxygen atoms in total. The molecule has 1 rings (SSSR count). The predicted molar refractivity (Wildman–Crippen MR) is 49.8 cm³/mol. The second-order valence-electron chi connectivity index (χ2n) is 2.93. The summed E-state index contributed by atoms with van der Waals surface area (Å²) in [6.07, 6.45) is -3.53. The Morgan fingerprint density at radius 2 is 1.93 bits per heavy atom. The molecule has 15 heavy (non-hydrogen) atoms. The van der Waals surface area contributed by atoms with Gasteiger partial charge in [0.15, 0.2) is 6.10 Å². The Morgan fingerprint density at radius 3 is 2.47 bits per heavy atom. The van der Waals surface area contributed by atoms with Crippen LogP contribution in [-0.2, 0) is 4.79 Å². The van der Waals surface area contributed by atoms with Crippen LogP contribution in [-0.4, -0.2) is 27.4 Å². The van der Waals surface area contributed by atoms with Crippen molar-refractivity contribution in [1.29, 1.82) is 5.26 Å². The summed E-state index contributed by atoms with van der Waals surface area (Å²) in [6, 6.07) is 7.78. The highest BCUT2D eigenvalue weighted by Crippen LogP contribution is 2.20. The van der Waals surface area contributed by atoms with Gasteiger partial charge in [-0.2, -0.15) is 5.26 Å². The first-order chi connectivity index (χ1) is 7.07. The second-order valence-corrected chi connectivity index (χ2v) is 2.93. The number of nitrogens with zero attached hydrogens (tertiary/aromatic N) is 1. The van der Waals surface area contributed by atoms with Crippen LogP contribution >= 0.6 is 0 Å². The Balaban J connectivity index is 3.06. The molecule has 0 aliphatic carbocycles. The number of hydrogen-bond donors (Lipinski definition) is 3. The summed E-state index contributed by atoms with van der Waals surface area (Å²) < 4.78 is 0. The van der Waals surface area contributed by atoms with Gasteiger partial charge in [-0.25, -0.2) is 4.79 Å². The molecular formula is C10H9NO4. The highest BCUT2D eigenvalue weighted by Gasteiger charge is 2.26. The third-order valence-electron chi connectivity index (χ3n) is 1.95. The lowest BCUT2D eigenvalue weighted by Crippen LogP contribution is -2.27. The van der Waals surface area contributed by atoms with Gasteiger partial charge in [-0.05, 0) is 6.07 Å². The molecule has 0 spiro atoms. The maximum atomic E-state index is 10.4. The number of benzene rings is 1. The second kappa shape index (κ2) is 4.55. The van der Waals surface area contributed by atoms with Crippen LogP contribution in [0.15, 0.2) is 24.3 Å². The quantitative estimate of drug-likeness (QED) is 0.649. The number of nitriles is 1. The van der Waals surface area contributed by atoms with Crippen LogP contribution in [0.4, 0.5) is 0 Å². The van der Waals surface area contributed by atoms with Crippen molar-refractivity contribution in [1.82, 2.24) is 0 Å². The number of carboxylic acid groups (broad SMARTS) is 1. The molecule has 0 radical (unpaired) electrons. The van der Waals surface area contributed by atoms with Crippen LogP contribution in [0.3, 0.4) is 0 Å². The van der Waals surface area contributed by atoms with E-state index in [2.05, 4.69) is 0 Å². The first-order valence-corrected chi connectivity index (χ1v) is 4.16. The third-order valence-corrected chi connectivity index (χ3v) is 1.95. The van der Waals surface area contributed by atoms with E-state index in [0.29, 0.717) is 0 Å². The fraction of sp³-hybridized carbons (Fsp3) is 0.200. The Hall–Kier alpha value is -1.90. The molecule has 2 atom stereocenters. The Bertz CT molecular complexity index is 410. The predicted octanol–water partition coefficient (Wildman–Crippen LogP) is 0.0372. The summed E-state index contributed by atoms with van der Waals surface area (Å²) in [5, 5.41) is 35.8. The molecule has 0 amide bonds. The fourth-order valence-electron chi connectivity index (χ4n) is 1.16. The Labute approximate surface area is 85.8 Å². The van der Waals surface area contributed by atoms with Crippen molar-refractivity contribution in [3.8, 4) is 6.07 Å². The van der Waals surface area contributed by atoms with E-state index < -0.39 is 18.2 Å². The van der Waals surface area contributed by atoms with Crippen molar-refractivity contribution in [2.24, 2.45) is 0 Å². The zero-order valence-electron chi connectivity index (χ0n) is 7.66. The third kappa shape index (κ3) is 2.31. The van der Waals surface area contributed by atoms with Crippen LogP contribution < -0.4 is 0 Å². The molecule has 78 valence electrons. The fourth-order valence-corrected chi connectivity index (χ4v) is 1.16. The van der Waals surface area contributed by atoms with Gasteiger partial charge in [-0.15, -0.1) is 0 Å². The molecule has 0 aromatic heterocycles. The van der Waals surface area contributed by atoms with E-state index in [1.54, 1.807) is 18.2 Å². The number of aliphatic carboxylic acids is 1. The van der Waals surface area contributed by atoms with E-state index in [9.17, 15) is 9.90 Å². The van der Waals surface area contributed by atoms with Gasteiger partial charge in [0.05, 0.1) is 11.6 Å². The summed E-state index contributed by atoms with van der Waals surface area (Å²) in [6.45, 7) is 0. The summed E-state index contributed by atoms with van der Waals surface area (Å²) in [7, 11) is 0. The van der Waals surface area contributed by atoms with Gasteiger partial charge in [0.25, 0.3) is 0 Å². The van der Waals surface area contributed by atoms with E-state index in [1.165, 1.54) is 12.1 Å². The van der Waals surface area contributed by atoms with Gasteiger partial charge in [0, 0.05) is 5.56 Å². The molecule has 0 saturated heterocycles. The molecule has 2 unspecified atom stereocenters. The normalized spacial score (nSPS) is 13.9. The van der Waals surface area contributed by atoms with Crippen molar-refractivity contribution < 1.29 is 20.1 Å².